The molecule has 0 aliphatic rings. The molecule has 0 bridgehead atoms. The molecule has 5 nitrogen and oxygen atoms in total. The number of rotatable bonds is 15. The minimum absolute atomic E-state index is 0.0941. The fourth-order valence-electron chi connectivity index (χ4n) is 2.25. The first-order valence-electron chi connectivity index (χ1n) is 9.24. The fourth-order valence-corrected chi connectivity index (χ4v) is 2.25. The Morgan fingerprint density at radius 2 is 1.68 bits per heavy atom. The summed E-state index contributed by atoms with van der Waals surface area (Å²) in [5.74, 6) is -0.868. The lowest BCUT2D eigenvalue weighted by Crippen LogP contribution is -2.11. The van der Waals surface area contributed by atoms with E-state index in [1.165, 1.54) is 6.08 Å². The molecule has 0 aromatic carbocycles. The Kier molecular flexibility index (Phi) is 14.9. The van der Waals surface area contributed by atoms with Crippen LogP contribution in [0.1, 0.15) is 71.1 Å². The van der Waals surface area contributed by atoms with Gasteiger partial charge in [-0.05, 0) is 44.6 Å². The van der Waals surface area contributed by atoms with Crippen molar-refractivity contribution in [3.05, 3.63) is 36.1 Å². The number of allylic oxidation sites excluding steroid dienone is 3. The summed E-state index contributed by atoms with van der Waals surface area (Å²) in [5.41, 5.74) is 0. The third kappa shape index (κ3) is 15.7. The predicted molar refractivity (Wildman–Crippen MR) is 100 cm³/mol. The van der Waals surface area contributed by atoms with Crippen molar-refractivity contribution in [1.29, 1.82) is 0 Å². The number of hydrogen-bond acceptors (Lipinski definition) is 4. The summed E-state index contributed by atoms with van der Waals surface area (Å²) >= 11 is 0. The Hall–Kier alpha value is -1.59. The van der Waals surface area contributed by atoms with E-state index in [0.717, 1.165) is 25.7 Å². The predicted octanol–water partition coefficient (Wildman–Crippen LogP) is 4.27. The van der Waals surface area contributed by atoms with E-state index in [4.69, 9.17) is 5.11 Å². The standard InChI is InChI=1S/C20H34O5/c1-2-3-9-12-17(21)15-16-19(23)18(22)13-10-7-5-4-6-8-11-14-20(24)25/h4,6-7,10,16-18,21-23H,2-3,5,8-9,11-15H2,1H3,(H,24,25). The highest BCUT2D eigenvalue weighted by Crippen LogP contribution is 2.11. The molecule has 2 atom stereocenters. The number of carboxylic acid groups (broad SMARTS) is 1. The fraction of sp³-hybridized carbons (Fsp3) is 0.650. The number of unbranched alkanes of at least 4 members (excludes halogenated alkanes) is 3. The molecule has 0 aromatic heterocycles. The molecule has 0 fully saturated rings. The van der Waals surface area contributed by atoms with E-state index >= 15 is 0 Å². The zero-order chi connectivity index (χ0) is 18.9. The molecule has 0 amide bonds. The zero-order valence-electron chi connectivity index (χ0n) is 15.3. The van der Waals surface area contributed by atoms with Gasteiger partial charge in [-0.15, -0.1) is 0 Å². The highest BCUT2D eigenvalue weighted by Gasteiger charge is 2.08. The summed E-state index contributed by atoms with van der Waals surface area (Å²) < 4.78 is 0. The topological polar surface area (TPSA) is 98.0 Å². The quantitative estimate of drug-likeness (QED) is 0.200. The minimum Gasteiger partial charge on any atom is -0.510 e. The maximum absolute atomic E-state index is 10.3. The van der Waals surface area contributed by atoms with Crippen LogP contribution in [0.25, 0.3) is 0 Å². The minimum atomic E-state index is -0.946. The van der Waals surface area contributed by atoms with Crippen LogP contribution in [-0.2, 0) is 4.79 Å². The maximum Gasteiger partial charge on any atom is 0.303 e. The number of aliphatic hydroxyl groups is 3. The van der Waals surface area contributed by atoms with Gasteiger partial charge in [0.15, 0.2) is 0 Å². The molecule has 5 heteroatoms. The average molecular weight is 354 g/mol. The number of carboxylic acids is 1. The normalized spacial score (nSPS) is 15.1. The summed E-state index contributed by atoms with van der Waals surface area (Å²) in [5, 5.41) is 37.9. The lowest BCUT2D eigenvalue weighted by atomic mass is 10.1. The van der Waals surface area contributed by atoms with Crippen molar-refractivity contribution in [2.75, 3.05) is 0 Å². The largest absolute Gasteiger partial charge is 0.510 e. The van der Waals surface area contributed by atoms with E-state index in [9.17, 15) is 20.1 Å². The summed E-state index contributed by atoms with van der Waals surface area (Å²) in [6.45, 7) is 2.11. The van der Waals surface area contributed by atoms with Crippen LogP contribution in [0.4, 0.5) is 0 Å². The molecular weight excluding hydrogens is 320 g/mol. The molecule has 0 saturated carbocycles. The molecule has 0 aliphatic carbocycles. The Morgan fingerprint density at radius 1 is 0.960 bits per heavy atom. The van der Waals surface area contributed by atoms with E-state index in [-0.39, 0.29) is 12.2 Å². The smallest absolute Gasteiger partial charge is 0.303 e. The molecule has 0 aliphatic heterocycles. The molecule has 2 unspecified atom stereocenters. The molecule has 25 heavy (non-hydrogen) atoms. The van der Waals surface area contributed by atoms with Crippen LogP contribution in [0.2, 0.25) is 0 Å². The summed E-state index contributed by atoms with van der Waals surface area (Å²) in [7, 11) is 0. The molecule has 0 spiro atoms. The second kappa shape index (κ2) is 15.9. The van der Waals surface area contributed by atoms with Crippen LogP contribution < -0.4 is 0 Å². The lowest BCUT2D eigenvalue weighted by Gasteiger charge is -2.10. The van der Waals surface area contributed by atoms with E-state index in [1.54, 1.807) is 6.08 Å². The van der Waals surface area contributed by atoms with Gasteiger partial charge in [0, 0.05) is 6.42 Å². The van der Waals surface area contributed by atoms with Crippen LogP contribution >= 0.6 is 0 Å². The van der Waals surface area contributed by atoms with Gasteiger partial charge in [0.05, 0.1) is 6.10 Å². The van der Waals surface area contributed by atoms with Gasteiger partial charge in [0.2, 0.25) is 0 Å². The number of carbonyl (C=O) groups is 1. The molecule has 144 valence electrons. The second-order valence-electron chi connectivity index (χ2n) is 6.23. The first-order valence-corrected chi connectivity index (χ1v) is 9.24. The van der Waals surface area contributed by atoms with Crippen molar-refractivity contribution >= 4 is 5.97 Å². The van der Waals surface area contributed by atoms with Crippen LogP contribution in [0, 0.1) is 0 Å². The van der Waals surface area contributed by atoms with Gasteiger partial charge in [-0.25, -0.2) is 0 Å². The van der Waals surface area contributed by atoms with Gasteiger partial charge in [0.1, 0.15) is 11.9 Å². The van der Waals surface area contributed by atoms with Crippen molar-refractivity contribution in [1.82, 2.24) is 0 Å². The van der Waals surface area contributed by atoms with Gasteiger partial charge in [-0.2, -0.15) is 0 Å². The summed E-state index contributed by atoms with van der Waals surface area (Å²) in [6.07, 6.45) is 14.5. The highest BCUT2D eigenvalue weighted by atomic mass is 16.4. The van der Waals surface area contributed by atoms with Crippen molar-refractivity contribution in [3.63, 3.8) is 0 Å². The Labute approximate surface area is 151 Å². The van der Waals surface area contributed by atoms with Crippen molar-refractivity contribution in [2.45, 2.75) is 83.3 Å². The molecule has 4 N–H and O–H groups in total. The molecule has 0 heterocycles. The van der Waals surface area contributed by atoms with Gasteiger partial charge in [0.25, 0.3) is 0 Å². The summed E-state index contributed by atoms with van der Waals surface area (Å²) in [4.78, 5) is 10.3. The van der Waals surface area contributed by atoms with E-state index in [0.29, 0.717) is 32.1 Å². The lowest BCUT2D eigenvalue weighted by molar-refractivity contribution is -0.137. The molecule has 0 radical (unpaired) electrons. The SMILES string of the molecule is CCCCCC(O)CC=C(O)C(O)CC=CCC=CCCCC(=O)O. The van der Waals surface area contributed by atoms with E-state index in [2.05, 4.69) is 6.92 Å². The Bertz CT molecular complexity index is 426. The van der Waals surface area contributed by atoms with Gasteiger partial charge in [-0.1, -0.05) is 50.5 Å². The molecule has 0 saturated heterocycles. The Balaban J connectivity index is 3.87. The number of aliphatic carboxylic acids is 1. The molecular formula is C20H34O5. The summed E-state index contributed by atoms with van der Waals surface area (Å²) in [6, 6.07) is 0. The first kappa shape index (κ1) is 23.4. The average Bonchev–Trinajstić information content (AvgIpc) is 2.57. The highest BCUT2D eigenvalue weighted by molar-refractivity contribution is 5.66. The van der Waals surface area contributed by atoms with Crippen LogP contribution in [0.3, 0.4) is 0 Å². The van der Waals surface area contributed by atoms with Crippen molar-refractivity contribution < 1.29 is 25.2 Å². The first-order chi connectivity index (χ1) is 12.0. The van der Waals surface area contributed by atoms with Crippen molar-refractivity contribution in [2.24, 2.45) is 0 Å². The monoisotopic (exact) mass is 354 g/mol. The van der Waals surface area contributed by atoms with Crippen LogP contribution in [-0.4, -0.2) is 38.6 Å². The Morgan fingerprint density at radius 3 is 2.36 bits per heavy atom. The van der Waals surface area contributed by atoms with Gasteiger partial charge >= 0.3 is 5.97 Å². The molecule has 0 aromatic rings. The van der Waals surface area contributed by atoms with Gasteiger partial charge in [-0.3, -0.25) is 4.79 Å². The van der Waals surface area contributed by atoms with E-state index < -0.39 is 18.2 Å². The molecule has 0 rings (SSSR count). The zero-order valence-corrected chi connectivity index (χ0v) is 15.3. The number of hydrogen-bond donors (Lipinski definition) is 4. The van der Waals surface area contributed by atoms with Crippen LogP contribution in [0.5, 0.6) is 0 Å². The second-order valence-corrected chi connectivity index (χ2v) is 6.23. The van der Waals surface area contributed by atoms with Crippen LogP contribution in [0.15, 0.2) is 36.1 Å². The third-order valence-electron chi connectivity index (χ3n) is 3.81. The maximum atomic E-state index is 10.3. The third-order valence-corrected chi connectivity index (χ3v) is 3.81. The van der Waals surface area contributed by atoms with E-state index in [1.807, 2.05) is 18.2 Å². The van der Waals surface area contributed by atoms with Gasteiger partial charge < -0.3 is 20.4 Å². The van der Waals surface area contributed by atoms with Crippen molar-refractivity contribution in [3.8, 4) is 0 Å². The number of aliphatic hydroxyl groups excluding tert-OH is 3.